The van der Waals surface area contributed by atoms with Gasteiger partial charge in [0.15, 0.2) is 0 Å². The molecule has 116 valence electrons. The van der Waals surface area contributed by atoms with E-state index in [2.05, 4.69) is 46.1 Å². The smallest absolute Gasteiger partial charge is 0.0891 e. The van der Waals surface area contributed by atoms with E-state index in [1.807, 2.05) is 23.7 Å². The summed E-state index contributed by atoms with van der Waals surface area (Å²) in [5, 5.41) is 0.757. The number of benzene rings is 2. The molecule has 24 heavy (non-hydrogen) atoms. The Hall–Kier alpha value is -2.43. The molecule has 0 saturated heterocycles. The minimum Gasteiger partial charge on any atom is -0.315 e. The van der Waals surface area contributed by atoms with Gasteiger partial charge in [0, 0.05) is 22.3 Å². The molecule has 0 radical (unpaired) electrons. The highest BCUT2D eigenvalue weighted by Gasteiger charge is 2.19. The molecule has 5 heteroatoms. The molecule has 4 aromatic rings. The van der Waals surface area contributed by atoms with Gasteiger partial charge in [-0.3, -0.25) is 4.99 Å². The Balaban J connectivity index is 1.75. The predicted octanol–water partition coefficient (Wildman–Crippen LogP) is 5.09. The molecule has 0 amide bonds. The summed E-state index contributed by atoms with van der Waals surface area (Å²) in [6.07, 6.45) is 2.06. The van der Waals surface area contributed by atoms with Crippen molar-refractivity contribution in [2.45, 2.75) is 6.54 Å². The lowest BCUT2D eigenvalue weighted by Crippen LogP contribution is -2.08. The molecule has 5 rings (SSSR count). The van der Waals surface area contributed by atoms with Crippen LogP contribution in [0.25, 0.3) is 15.9 Å². The van der Waals surface area contributed by atoms with Gasteiger partial charge in [0.25, 0.3) is 0 Å². The van der Waals surface area contributed by atoms with Crippen molar-refractivity contribution in [2.75, 3.05) is 0 Å². The zero-order chi connectivity index (χ0) is 16.1. The van der Waals surface area contributed by atoms with Crippen molar-refractivity contribution in [1.29, 1.82) is 0 Å². The van der Waals surface area contributed by atoms with Crippen molar-refractivity contribution < 1.29 is 0 Å². The molecule has 2 aromatic carbocycles. The molecular weight excluding hydrogens is 338 g/mol. The summed E-state index contributed by atoms with van der Waals surface area (Å²) in [5.74, 6) is 0. The van der Waals surface area contributed by atoms with E-state index in [1.54, 1.807) is 11.3 Å². The number of fused-ring (bicyclic) bond motifs is 4. The minimum absolute atomic E-state index is 0.571. The highest BCUT2D eigenvalue weighted by atomic mass is 35.5. The molecule has 0 fully saturated rings. The maximum Gasteiger partial charge on any atom is 0.0891 e. The van der Waals surface area contributed by atoms with Gasteiger partial charge in [0.2, 0.25) is 0 Å². The second kappa shape index (κ2) is 5.30. The average Bonchev–Trinajstić information content (AvgIpc) is 3.22. The Morgan fingerprint density at radius 3 is 3.00 bits per heavy atom. The first-order valence-electron chi connectivity index (χ1n) is 7.65. The van der Waals surface area contributed by atoms with E-state index >= 15 is 0 Å². The largest absolute Gasteiger partial charge is 0.315 e. The van der Waals surface area contributed by atoms with E-state index in [-0.39, 0.29) is 0 Å². The van der Waals surface area contributed by atoms with Crippen LogP contribution >= 0.6 is 22.9 Å². The van der Waals surface area contributed by atoms with E-state index in [1.165, 1.54) is 4.70 Å². The molecule has 0 saturated carbocycles. The van der Waals surface area contributed by atoms with Gasteiger partial charge in [0.05, 0.1) is 39.4 Å². The van der Waals surface area contributed by atoms with Crippen LogP contribution in [0.5, 0.6) is 0 Å². The Morgan fingerprint density at radius 1 is 1.08 bits per heavy atom. The molecule has 0 N–H and O–H groups in total. The average molecular weight is 350 g/mol. The first-order valence-corrected chi connectivity index (χ1v) is 8.90. The zero-order valence-corrected chi connectivity index (χ0v) is 14.2. The van der Waals surface area contributed by atoms with Gasteiger partial charge >= 0.3 is 0 Å². The quantitative estimate of drug-likeness (QED) is 0.470. The Labute approximate surface area is 147 Å². The summed E-state index contributed by atoms with van der Waals surface area (Å²) in [5.41, 5.74) is 8.17. The van der Waals surface area contributed by atoms with Crippen molar-refractivity contribution in [1.82, 2.24) is 9.55 Å². The number of thiazole rings is 1. The molecule has 0 aliphatic carbocycles. The van der Waals surface area contributed by atoms with E-state index in [9.17, 15) is 0 Å². The second-order valence-electron chi connectivity index (χ2n) is 5.70. The fourth-order valence-electron chi connectivity index (χ4n) is 3.20. The monoisotopic (exact) mass is 349 g/mol. The third kappa shape index (κ3) is 2.04. The highest BCUT2D eigenvalue weighted by molar-refractivity contribution is 7.16. The SMILES string of the molecule is Clc1cccc2c1CN=C(c1ccc3scnc3c1)c1cccn1-2. The molecule has 1 aliphatic rings. The van der Waals surface area contributed by atoms with Crippen molar-refractivity contribution in [3.63, 3.8) is 0 Å². The van der Waals surface area contributed by atoms with Gasteiger partial charge in [-0.15, -0.1) is 11.3 Å². The van der Waals surface area contributed by atoms with Crippen LogP contribution in [0.4, 0.5) is 0 Å². The Morgan fingerprint density at radius 2 is 2.04 bits per heavy atom. The van der Waals surface area contributed by atoms with Crippen LogP contribution in [0.15, 0.2) is 65.2 Å². The van der Waals surface area contributed by atoms with Gasteiger partial charge in [0.1, 0.15) is 0 Å². The van der Waals surface area contributed by atoms with Crippen molar-refractivity contribution in [3.05, 3.63) is 82.1 Å². The number of aromatic nitrogens is 2. The van der Waals surface area contributed by atoms with Gasteiger partial charge in [-0.05, 0) is 36.4 Å². The molecule has 1 aliphatic heterocycles. The summed E-state index contributed by atoms with van der Waals surface area (Å²) in [6.45, 7) is 0.571. The van der Waals surface area contributed by atoms with Crippen LogP contribution in [0.1, 0.15) is 16.8 Å². The number of halogens is 1. The summed E-state index contributed by atoms with van der Waals surface area (Å²) in [7, 11) is 0. The van der Waals surface area contributed by atoms with Gasteiger partial charge in [-0.2, -0.15) is 0 Å². The zero-order valence-electron chi connectivity index (χ0n) is 12.6. The summed E-state index contributed by atoms with van der Waals surface area (Å²) in [6, 6.07) is 16.5. The van der Waals surface area contributed by atoms with E-state index in [0.29, 0.717) is 6.54 Å². The lowest BCUT2D eigenvalue weighted by Gasteiger charge is -2.11. The molecule has 2 aromatic heterocycles. The van der Waals surface area contributed by atoms with E-state index in [0.717, 1.165) is 38.8 Å². The minimum atomic E-state index is 0.571. The summed E-state index contributed by atoms with van der Waals surface area (Å²) in [4.78, 5) is 9.32. The topological polar surface area (TPSA) is 30.2 Å². The van der Waals surface area contributed by atoms with Gasteiger partial charge in [-0.1, -0.05) is 23.7 Å². The fourth-order valence-corrected chi connectivity index (χ4v) is 4.08. The van der Waals surface area contributed by atoms with Gasteiger partial charge in [-0.25, -0.2) is 4.98 Å². The third-order valence-electron chi connectivity index (χ3n) is 4.34. The number of hydrogen-bond acceptors (Lipinski definition) is 3. The van der Waals surface area contributed by atoms with Crippen LogP contribution in [0.3, 0.4) is 0 Å². The summed E-state index contributed by atoms with van der Waals surface area (Å²) < 4.78 is 3.35. The summed E-state index contributed by atoms with van der Waals surface area (Å²) >= 11 is 8.07. The van der Waals surface area contributed by atoms with Crippen LogP contribution in [0, 0.1) is 0 Å². The van der Waals surface area contributed by atoms with Crippen molar-refractivity contribution in [2.24, 2.45) is 4.99 Å². The third-order valence-corrected chi connectivity index (χ3v) is 5.51. The van der Waals surface area contributed by atoms with Crippen LogP contribution in [0.2, 0.25) is 5.02 Å². The number of nitrogens with zero attached hydrogens (tertiary/aromatic N) is 3. The number of hydrogen-bond donors (Lipinski definition) is 0. The lowest BCUT2D eigenvalue weighted by molar-refractivity contribution is 1.02. The second-order valence-corrected chi connectivity index (χ2v) is 6.99. The maximum atomic E-state index is 6.41. The number of aliphatic imine (C=N–C) groups is 1. The lowest BCUT2D eigenvalue weighted by atomic mass is 10.1. The highest BCUT2D eigenvalue weighted by Crippen LogP contribution is 2.30. The van der Waals surface area contributed by atoms with Crippen molar-refractivity contribution in [3.8, 4) is 5.69 Å². The number of rotatable bonds is 1. The van der Waals surface area contributed by atoms with Crippen LogP contribution in [-0.2, 0) is 6.54 Å². The molecule has 0 spiro atoms. The van der Waals surface area contributed by atoms with E-state index < -0.39 is 0 Å². The van der Waals surface area contributed by atoms with Crippen molar-refractivity contribution >= 4 is 38.9 Å². The van der Waals surface area contributed by atoms with Crippen LogP contribution < -0.4 is 0 Å². The van der Waals surface area contributed by atoms with Gasteiger partial charge < -0.3 is 4.57 Å². The van der Waals surface area contributed by atoms with Crippen LogP contribution in [-0.4, -0.2) is 15.3 Å². The molecule has 0 bridgehead atoms. The molecule has 3 heterocycles. The molecule has 3 nitrogen and oxygen atoms in total. The molecule has 0 unspecified atom stereocenters. The van der Waals surface area contributed by atoms with E-state index in [4.69, 9.17) is 16.6 Å². The first kappa shape index (κ1) is 14.0. The normalized spacial score (nSPS) is 13.3. The standard InChI is InChI=1S/C19H12ClN3S/c20-14-3-1-4-16-13(14)10-21-19(17-5-2-8-23(16)17)12-6-7-18-15(9-12)22-11-24-18/h1-9,11H,10H2. The Bertz CT molecular complexity index is 1110. The molecule has 0 atom stereocenters. The first-order chi connectivity index (χ1) is 11.8. The maximum absolute atomic E-state index is 6.41. The predicted molar refractivity (Wildman–Crippen MR) is 99.7 cm³/mol. The molecular formula is C19H12ClN3S. The fraction of sp³-hybridized carbons (Fsp3) is 0.0526. The Kier molecular flexibility index (Phi) is 3.08.